The fourth-order valence-corrected chi connectivity index (χ4v) is 1.22. The number of aromatic nitrogens is 2. The van der Waals surface area contributed by atoms with Gasteiger partial charge in [-0.05, 0) is 27.0 Å². The molecule has 0 aliphatic heterocycles. The van der Waals surface area contributed by atoms with Gasteiger partial charge in [-0.2, -0.15) is 5.10 Å². The van der Waals surface area contributed by atoms with Crippen molar-refractivity contribution in [3.63, 3.8) is 0 Å². The van der Waals surface area contributed by atoms with Crippen LogP contribution in [-0.4, -0.2) is 29.2 Å². The third kappa shape index (κ3) is 2.96. The summed E-state index contributed by atoms with van der Waals surface area (Å²) in [4.78, 5) is 11.3. The third-order valence-corrected chi connectivity index (χ3v) is 1.94. The Morgan fingerprint density at radius 3 is 2.86 bits per heavy atom. The van der Waals surface area contributed by atoms with Crippen LogP contribution in [0.25, 0.3) is 0 Å². The van der Waals surface area contributed by atoms with Gasteiger partial charge >= 0.3 is 0 Å². The molecule has 1 N–H and O–H groups in total. The lowest BCUT2D eigenvalue weighted by Crippen LogP contribution is -2.20. The van der Waals surface area contributed by atoms with Crippen molar-refractivity contribution in [2.75, 3.05) is 13.6 Å². The van der Waals surface area contributed by atoms with Gasteiger partial charge in [0.05, 0.1) is 18.7 Å². The number of Topliss-reactive ketones (excluding diaryl/α,β-unsaturated/α-hetero) is 1. The molecule has 0 spiro atoms. The Bertz CT molecular complexity index is 304. The number of carbonyl (C=O) groups is 1. The normalized spacial score (nSPS) is 10.9. The molecule has 1 aromatic heterocycles. The smallest absolute Gasteiger partial charge is 0.152 e. The van der Waals surface area contributed by atoms with Gasteiger partial charge in [0.2, 0.25) is 0 Å². The van der Waals surface area contributed by atoms with Crippen molar-refractivity contribution in [3.05, 3.63) is 18.0 Å². The average Bonchev–Trinajstić information content (AvgIpc) is 2.53. The molecule has 0 atom stereocenters. The second-order valence-corrected chi connectivity index (χ2v) is 3.63. The summed E-state index contributed by atoms with van der Waals surface area (Å²) in [5, 5.41) is 7.13. The second-order valence-electron chi connectivity index (χ2n) is 3.63. The van der Waals surface area contributed by atoms with E-state index in [9.17, 15) is 4.79 Å². The fourth-order valence-electron chi connectivity index (χ4n) is 1.22. The van der Waals surface area contributed by atoms with Crippen LogP contribution in [0.4, 0.5) is 0 Å². The number of carbonyl (C=O) groups excluding carboxylic acids is 1. The van der Waals surface area contributed by atoms with Gasteiger partial charge in [0, 0.05) is 12.2 Å². The average molecular weight is 195 g/mol. The van der Waals surface area contributed by atoms with Crippen LogP contribution in [0.3, 0.4) is 0 Å². The van der Waals surface area contributed by atoms with Crippen LogP contribution in [0.2, 0.25) is 0 Å². The number of nitrogens with one attached hydrogen (secondary N) is 1. The molecule has 4 nitrogen and oxygen atoms in total. The molecule has 0 aliphatic carbocycles. The first-order valence-electron chi connectivity index (χ1n) is 4.84. The number of ketones is 1. The largest absolute Gasteiger partial charge is 0.313 e. The van der Waals surface area contributed by atoms with Crippen molar-refractivity contribution in [3.8, 4) is 0 Å². The number of likely N-dealkylation sites (N-methyl/N-ethyl adjacent to an activating group) is 1. The van der Waals surface area contributed by atoms with E-state index in [1.165, 1.54) is 0 Å². The highest BCUT2D eigenvalue weighted by Crippen LogP contribution is 2.04. The van der Waals surface area contributed by atoms with Gasteiger partial charge in [0.1, 0.15) is 0 Å². The van der Waals surface area contributed by atoms with Crippen molar-refractivity contribution in [2.45, 2.75) is 26.3 Å². The van der Waals surface area contributed by atoms with Crippen LogP contribution < -0.4 is 5.32 Å². The number of nitrogens with zero attached hydrogens (tertiary/aromatic N) is 2. The quantitative estimate of drug-likeness (QED) is 0.755. The van der Waals surface area contributed by atoms with Gasteiger partial charge < -0.3 is 5.32 Å². The molecule has 0 saturated heterocycles. The molecule has 0 bridgehead atoms. The van der Waals surface area contributed by atoms with Crippen LogP contribution in [0.15, 0.2) is 12.3 Å². The van der Waals surface area contributed by atoms with Gasteiger partial charge in [-0.1, -0.05) is 0 Å². The monoisotopic (exact) mass is 195 g/mol. The van der Waals surface area contributed by atoms with E-state index < -0.39 is 0 Å². The maximum Gasteiger partial charge on any atom is 0.152 e. The molecule has 1 heterocycles. The summed E-state index contributed by atoms with van der Waals surface area (Å²) in [6.07, 6.45) is 2.33. The van der Waals surface area contributed by atoms with Gasteiger partial charge in [0.25, 0.3) is 0 Å². The third-order valence-electron chi connectivity index (χ3n) is 1.94. The lowest BCUT2D eigenvalue weighted by atomic mass is 10.2. The molecule has 0 unspecified atom stereocenters. The molecule has 4 heteroatoms. The topological polar surface area (TPSA) is 46.9 Å². The molecule has 0 fully saturated rings. The van der Waals surface area contributed by atoms with E-state index in [4.69, 9.17) is 0 Å². The summed E-state index contributed by atoms with van der Waals surface area (Å²) in [5.41, 5.74) is 0.846. The van der Waals surface area contributed by atoms with E-state index in [1.54, 1.807) is 7.05 Å². The molecule has 78 valence electrons. The number of hydrogen-bond acceptors (Lipinski definition) is 3. The first-order valence-corrected chi connectivity index (χ1v) is 4.84. The van der Waals surface area contributed by atoms with Crippen molar-refractivity contribution >= 4 is 5.78 Å². The molecule has 0 aromatic carbocycles. The standard InChI is InChI=1S/C10H17N3O/c1-8(2)13-5-4-9(12-13)6-10(14)7-11-3/h4-5,8,11H,6-7H2,1-3H3. The lowest BCUT2D eigenvalue weighted by molar-refractivity contribution is -0.117. The summed E-state index contributed by atoms with van der Waals surface area (Å²) in [5.74, 6) is 0.168. The van der Waals surface area contributed by atoms with E-state index in [-0.39, 0.29) is 5.78 Å². The van der Waals surface area contributed by atoms with Crippen molar-refractivity contribution in [1.29, 1.82) is 0 Å². The van der Waals surface area contributed by atoms with Crippen LogP contribution in [-0.2, 0) is 11.2 Å². The molecule has 0 amide bonds. The van der Waals surface area contributed by atoms with Crippen molar-refractivity contribution < 1.29 is 4.79 Å². The molecule has 0 saturated carbocycles. The Morgan fingerprint density at radius 1 is 1.64 bits per heavy atom. The maximum atomic E-state index is 11.3. The van der Waals surface area contributed by atoms with Gasteiger partial charge in [-0.3, -0.25) is 9.48 Å². The predicted molar refractivity (Wildman–Crippen MR) is 55.2 cm³/mol. The maximum absolute atomic E-state index is 11.3. The molecule has 1 aromatic rings. The van der Waals surface area contributed by atoms with Crippen molar-refractivity contribution in [1.82, 2.24) is 15.1 Å². The molecule has 0 radical (unpaired) electrons. The zero-order chi connectivity index (χ0) is 10.6. The Balaban J connectivity index is 2.55. The molecule has 1 rings (SSSR count). The Hall–Kier alpha value is -1.16. The highest BCUT2D eigenvalue weighted by Gasteiger charge is 2.06. The van der Waals surface area contributed by atoms with E-state index in [0.717, 1.165) is 5.69 Å². The van der Waals surface area contributed by atoms with E-state index in [1.807, 2.05) is 16.9 Å². The van der Waals surface area contributed by atoms with Crippen LogP contribution >= 0.6 is 0 Å². The zero-order valence-corrected chi connectivity index (χ0v) is 8.95. The molecular weight excluding hydrogens is 178 g/mol. The van der Waals surface area contributed by atoms with E-state index in [0.29, 0.717) is 19.0 Å². The minimum Gasteiger partial charge on any atom is -0.313 e. The Morgan fingerprint density at radius 2 is 2.36 bits per heavy atom. The SMILES string of the molecule is CNCC(=O)Cc1ccn(C(C)C)n1. The zero-order valence-electron chi connectivity index (χ0n) is 8.95. The lowest BCUT2D eigenvalue weighted by Gasteiger charge is -2.03. The minimum absolute atomic E-state index is 0.168. The fraction of sp³-hybridized carbons (Fsp3) is 0.600. The van der Waals surface area contributed by atoms with Gasteiger partial charge in [-0.25, -0.2) is 0 Å². The highest BCUT2D eigenvalue weighted by atomic mass is 16.1. The van der Waals surface area contributed by atoms with Gasteiger partial charge in [-0.15, -0.1) is 0 Å². The first-order chi connectivity index (χ1) is 6.63. The Labute approximate surface area is 84.3 Å². The van der Waals surface area contributed by atoms with Crippen LogP contribution in [0.5, 0.6) is 0 Å². The summed E-state index contributed by atoms with van der Waals surface area (Å²) < 4.78 is 1.86. The summed E-state index contributed by atoms with van der Waals surface area (Å²) in [6.45, 7) is 4.53. The van der Waals surface area contributed by atoms with Crippen LogP contribution in [0, 0.1) is 0 Å². The summed E-state index contributed by atoms with van der Waals surface area (Å²) in [6, 6.07) is 2.25. The van der Waals surface area contributed by atoms with Gasteiger partial charge in [0.15, 0.2) is 5.78 Å². The Kier molecular flexibility index (Phi) is 3.83. The highest BCUT2D eigenvalue weighted by molar-refractivity contribution is 5.82. The van der Waals surface area contributed by atoms with Crippen LogP contribution in [0.1, 0.15) is 25.6 Å². The predicted octanol–water partition coefficient (Wildman–Crippen LogP) is 0.795. The minimum atomic E-state index is 0.168. The summed E-state index contributed by atoms with van der Waals surface area (Å²) in [7, 11) is 1.77. The summed E-state index contributed by atoms with van der Waals surface area (Å²) >= 11 is 0. The first kappa shape index (κ1) is 10.9. The molecular formula is C10H17N3O. The van der Waals surface area contributed by atoms with E-state index in [2.05, 4.69) is 24.3 Å². The molecule has 0 aliphatic rings. The number of rotatable bonds is 5. The number of hydrogen-bond donors (Lipinski definition) is 1. The van der Waals surface area contributed by atoms with E-state index >= 15 is 0 Å². The molecule has 14 heavy (non-hydrogen) atoms. The second kappa shape index (κ2) is 4.91. The van der Waals surface area contributed by atoms with Crippen molar-refractivity contribution in [2.24, 2.45) is 0 Å².